The smallest absolute Gasteiger partial charge is 0.270 e. The van der Waals surface area contributed by atoms with Gasteiger partial charge in [-0.05, 0) is 98.6 Å². The van der Waals surface area contributed by atoms with E-state index in [0.717, 1.165) is 7.96 Å². The molecule has 2 aromatic carbocycles. The number of nitrogens with two attached hydrogens (primary N) is 1. The molecule has 2 aromatic heterocycles. The van der Waals surface area contributed by atoms with Crippen LogP contribution in [0.5, 0.6) is 0 Å². The van der Waals surface area contributed by atoms with Crippen LogP contribution in [-0.2, 0) is 21.1 Å². The van der Waals surface area contributed by atoms with Crippen LogP contribution in [0, 0.1) is 5.82 Å². The number of hydrogen-bond donors (Lipinski definition) is 2. The fourth-order valence-corrected chi connectivity index (χ4v) is 226. The Morgan fingerprint density at radius 2 is 1.45 bits per heavy atom. The maximum atomic E-state index is 14.7. The van der Waals surface area contributed by atoms with E-state index in [0.29, 0.717) is 49.4 Å². The molecule has 1 aliphatic heterocycles. The molecule has 3 heterocycles. The van der Waals surface area contributed by atoms with Gasteiger partial charge in [0.2, 0.25) is 0 Å². The summed E-state index contributed by atoms with van der Waals surface area (Å²) >= 11 is 0. The first-order valence-electron chi connectivity index (χ1n) is 16.5. The Bertz CT molecular complexity index is 1990. The zero-order valence-electron chi connectivity index (χ0n) is 30.7. The van der Waals surface area contributed by atoms with Crippen LogP contribution < -0.4 is 11.1 Å². The standard InChI is InChI=1S/C26H26F2N6O4S.H21P19/c27-9-10-30-14-16-1-6-20(21(28)13-16)25-33-34-26(38-25)23-24(29)31-15-22(32-23)17-2-4-18(5-3-17)39(35,36)19-7-11-37-12-8-19;1-11-16(10)19(17(12(2)3)13(4)5)18(14(6)7)15(8)9/h1-6,13,15,19,30H,7-12,14H2,(H2,29,31);11H,1-10H2. The van der Waals surface area contributed by atoms with Gasteiger partial charge in [0.25, 0.3) is 11.8 Å². The molecular weight excluding hydrogens is 1120 g/mol. The maximum absolute atomic E-state index is 14.7. The number of sulfone groups is 1. The lowest BCUT2D eigenvalue weighted by molar-refractivity contribution is 0.0983. The van der Waals surface area contributed by atoms with E-state index in [-0.39, 0.29) is 96.2 Å². The van der Waals surface area contributed by atoms with E-state index in [9.17, 15) is 17.2 Å². The van der Waals surface area contributed by atoms with Crippen LogP contribution in [0.15, 0.2) is 58.0 Å². The molecule has 1 fully saturated rings. The second-order valence-corrected chi connectivity index (χ2v) is 86.8. The van der Waals surface area contributed by atoms with Gasteiger partial charge >= 0.3 is 0 Å². The molecule has 0 spiro atoms. The van der Waals surface area contributed by atoms with Crippen molar-refractivity contribution in [1.29, 1.82) is 0 Å². The minimum atomic E-state index is -3.47. The highest BCUT2D eigenvalue weighted by Gasteiger charge is 2.40. The van der Waals surface area contributed by atoms with Gasteiger partial charge < -0.3 is 20.2 Å². The van der Waals surface area contributed by atoms with Crippen molar-refractivity contribution >= 4 is 169 Å². The maximum Gasteiger partial charge on any atom is 0.270 e. The average molecular weight is 1170 g/mol. The van der Waals surface area contributed by atoms with E-state index in [1.165, 1.54) is 18.3 Å². The Morgan fingerprint density at radius 3 is 1.98 bits per heavy atom. The summed E-state index contributed by atoms with van der Waals surface area (Å²) in [6.45, 7) is 1.70. The topological polar surface area (TPSA) is 146 Å². The molecule has 320 valence electrons. The van der Waals surface area contributed by atoms with Gasteiger partial charge in [-0.2, -0.15) is 0 Å². The first kappa shape index (κ1) is 55.0. The van der Waals surface area contributed by atoms with E-state index < -0.39 is 27.6 Å². The van der Waals surface area contributed by atoms with Crippen molar-refractivity contribution < 1.29 is 26.4 Å². The van der Waals surface area contributed by atoms with Gasteiger partial charge in [0.1, 0.15) is 12.5 Å². The lowest BCUT2D eigenvalue weighted by atomic mass is 10.1. The van der Waals surface area contributed by atoms with E-state index in [1.807, 2.05) is 0 Å². The quantitative estimate of drug-likeness (QED) is 0.0774. The summed E-state index contributed by atoms with van der Waals surface area (Å²) in [6, 6.07) is 10.9. The largest absolute Gasteiger partial charge is 0.414 e. The van der Waals surface area contributed by atoms with Crippen LogP contribution in [0.2, 0.25) is 0 Å². The molecule has 12 atom stereocenters. The molecule has 1 saturated heterocycles. The van der Waals surface area contributed by atoms with Gasteiger partial charge in [0.05, 0.1) is 27.6 Å². The number of ether oxygens (including phenoxy) is 1. The Morgan fingerprint density at radius 1 is 0.862 bits per heavy atom. The zero-order chi connectivity index (χ0) is 42.7. The summed E-state index contributed by atoms with van der Waals surface area (Å²) in [6.07, 6.45) is 2.39. The highest BCUT2D eigenvalue weighted by atomic mass is 33.4. The average Bonchev–Trinajstić information content (AvgIpc) is 3.67. The summed E-state index contributed by atoms with van der Waals surface area (Å²) < 4.78 is 63.9. The number of nitrogen functional groups attached to an aromatic ring is 1. The van der Waals surface area contributed by atoms with E-state index in [1.54, 1.807) is 30.3 Å². The second kappa shape index (κ2) is 27.4. The van der Waals surface area contributed by atoms with Crippen LogP contribution in [0.1, 0.15) is 18.4 Å². The van der Waals surface area contributed by atoms with Gasteiger partial charge in [-0.1, -0.05) is 26.2 Å². The number of alkyl halides is 1. The van der Waals surface area contributed by atoms with Crippen LogP contribution in [-0.4, -0.2) is 60.3 Å². The molecular formula is C26H47F2N6O4P19S. The third-order valence-corrected chi connectivity index (χ3v) is 128. The number of anilines is 1. The van der Waals surface area contributed by atoms with Crippen molar-refractivity contribution in [2.75, 3.05) is 32.2 Å². The second-order valence-electron chi connectivity index (χ2n) is 11.8. The molecule has 3 N–H and O–H groups in total. The van der Waals surface area contributed by atoms with Gasteiger partial charge in [0, 0.05) is 31.9 Å². The molecule has 0 radical (unpaired) electrons. The van der Waals surface area contributed by atoms with Gasteiger partial charge in [-0.15, -0.1) is 99.5 Å². The number of benzene rings is 2. The van der Waals surface area contributed by atoms with Crippen LogP contribution in [0.3, 0.4) is 0 Å². The lowest BCUT2D eigenvalue weighted by Crippen LogP contribution is -2.28. The van der Waals surface area contributed by atoms with Crippen molar-refractivity contribution in [2.24, 2.45) is 0 Å². The van der Waals surface area contributed by atoms with E-state index >= 15 is 0 Å². The minimum absolute atomic E-state index is 0.0300. The third kappa shape index (κ3) is 15.7. The number of aromatic nitrogens is 4. The number of rotatable bonds is 17. The van der Waals surface area contributed by atoms with Crippen molar-refractivity contribution in [2.45, 2.75) is 29.5 Å². The van der Waals surface area contributed by atoms with Gasteiger partial charge in [-0.3, -0.25) is 0 Å². The third-order valence-electron chi connectivity index (χ3n) is 7.85. The zero-order valence-corrected chi connectivity index (χ0v) is 51.2. The van der Waals surface area contributed by atoms with E-state index in [2.05, 4.69) is 115 Å². The lowest BCUT2D eigenvalue weighted by Gasteiger charge is -2.44. The summed E-state index contributed by atoms with van der Waals surface area (Å²) in [5.74, 6) is -0.667. The predicted octanol–water partition coefficient (Wildman–Crippen LogP) is 14.3. The van der Waals surface area contributed by atoms with Crippen LogP contribution in [0.4, 0.5) is 14.6 Å². The molecule has 5 rings (SSSR count). The summed E-state index contributed by atoms with van der Waals surface area (Å²) in [5, 5.41) is 10.3. The highest BCUT2D eigenvalue weighted by molar-refractivity contribution is 9.34. The molecule has 0 saturated carbocycles. The number of hydrogen-bond acceptors (Lipinski definition) is 10. The molecule has 0 bridgehead atoms. The summed E-state index contributed by atoms with van der Waals surface area (Å²) in [5.41, 5.74) is 7.87. The predicted molar refractivity (Wildman–Crippen MR) is 300 cm³/mol. The van der Waals surface area contributed by atoms with Crippen molar-refractivity contribution in [3.8, 4) is 34.3 Å². The first-order valence-corrected chi connectivity index (χ1v) is 52.0. The van der Waals surface area contributed by atoms with Crippen molar-refractivity contribution in [3.05, 3.63) is 60.0 Å². The van der Waals surface area contributed by atoms with Crippen molar-refractivity contribution in [3.63, 3.8) is 0 Å². The van der Waals surface area contributed by atoms with Crippen molar-refractivity contribution in [1.82, 2.24) is 25.5 Å². The van der Waals surface area contributed by atoms with Gasteiger partial charge in [0.15, 0.2) is 21.3 Å². The normalized spacial score (nSPS) is 14.9. The number of nitrogens with zero attached hydrogens (tertiary/aromatic N) is 4. The molecule has 1 aliphatic rings. The number of halogens is 2. The SMILES string of the molecule is Nc1ncc(-c2ccc(S(=O)(=O)C3CCOCC3)cc2)nc1-c1nnc(-c2ccc(CNCCF)cc2F)o1.PPP(P)P(P(P(P)P)P(P)P)P(P(P)P)P(P)P. The van der Waals surface area contributed by atoms with Gasteiger partial charge in [-0.25, -0.2) is 27.2 Å². The molecule has 0 aliphatic carbocycles. The van der Waals surface area contributed by atoms with E-state index in [4.69, 9.17) is 14.9 Å². The van der Waals surface area contributed by atoms with Crippen LogP contribution in [0.25, 0.3) is 34.3 Å². The minimum Gasteiger partial charge on any atom is -0.414 e. The summed E-state index contributed by atoms with van der Waals surface area (Å²) in [7, 11) is 29.0. The van der Waals surface area contributed by atoms with Crippen LogP contribution >= 0.6 is 153 Å². The molecule has 12 unspecified atom stereocenters. The fourth-order valence-electron chi connectivity index (χ4n) is 5.16. The monoisotopic (exact) mass is 1170 g/mol. The Hall–Kier alpha value is 4.36. The summed E-state index contributed by atoms with van der Waals surface area (Å²) in [4.78, 5) is 8.90. The fraction of sp³-hybridized carbons (Fsp3) is 0.308. The molecule has 0 amide bonds. The number of nitrogens with one attached hydrogen (secondary N) is 1. The molecule has 32 heteroatoms. The molecule has 4 aromatic rings. The first-order chi connectivity index (χ1) is 27.5. The molecule has 10 nitrogen and oxygen atoms in total. The highest BCUT2D eigenvalue weighted by Crippen LogP contribution is 3.28. The Balaban J connectivity index is 0.000000332. The molecule has 58 heavy (non-hydrogen) atoms. The Kier molecular flexibility index (Phi) is 25.9. The Labute approximate surface area is 373 Å².